The minimum Gasteiger partial charge on any atom is -0.229 e. The highest BCUT2D eigenvalue weighted by molar-refractivity contribution is 7.91. The van der Waals surface area contributed by atoms with Crippen LogP contribution in [0.4, 0.5) is 0 Å². The summed E-state index contributed by atoms with van der Waals surface area (Å²) in [6.45, 7) is 9.73. The van der Waals surface area contributed by atoms with Crippen LogP contribution < -0.4 is 0 Å². The molecule has 0 radical (unpaired) electrons. The quantitative estimate of drug-likeness (QED) is 0.692. The molecule has 0 fully saturated rings. The molecule has 0 aromatic rings. The van der Waals surface area contributed by atoms with Crippen molar-refractivity contribution in [3.05, 3.63) is 0 Å². The standard InChI is InChI=1S/C10H22O2S/c1-6-9(4)10(5)7-13(11,12)8(2)3/h8-10H,6-7H2,1-5H3. The molecule has 0 aromatic heterocycles. The van der Waals surface area contributed by atoms with Crippen LogP contribution in [0, 0.1) is 11.8 Å². The number of sulfone groups is 1. The third-order valence-electron chi connectivity index (χ3n) is 2.83. The van der Waals surface area contributed by atoms with Crippen molar-refractivity contribution in [2.24, 2.45) is 11.8 Å². The molecular weight excluding hydrogens is 184 g/mol. The zero-order valence-electron chi connectivity index (χ0n) is 9.37. The number of hydrogen-bond donors (Lipinski definition) is 0. The van der Waals surface area contributed by atoms with Gasteiger partial charge in [0.25, 0.3) is 0 Å². The predicted octanol–water partition coefficient (Wildman–Crippen LogP) is 2.49. The Balaban J connectivity index is 4.29. The van der Waals surface area contributed by atoms with E-state index in [1.54, 1.807) is 13.8 Å². The van der Waals surface area contributed by atoms with Gasteiger partial charge < -0.3 is 0 Å². The van der Waals surface area contributed by atoms with Gasteiger partial charge in [0, 0.05) is 0 Å². The largest absolute Gasteiger partial charge is 0.229 e. The molecule has 2 atom stereocenters. The first kappa shape index (κ1) is 12.9. The molecule has 0 aromatic carbocycles. The molecule has 0 saturated heterocycles. The summed E-state index contributed by atoms with van der Waals surface area (Å²) >= 11 is 0. The molecule has 0 aliphatic carbocycles. The second-order valence-corrected chi connectivity index (χ2v) is 6.84. The Morgan fingerprint density at radius 1 is 1.00 bits per heavy atom. The van der Waals surface area contributed by atoms with E-state index in [-0.39, 0.29) is 11.2 Å². The van der Waals surface area contributed by atoms with Gasteiger partial charge in [-0.05, 0) is 25.7 Å². The average molecular weight is 206 g/mol. The summed E-state index contributed by atoms with van der Waals surface area (Å²) < 4.78 is 23.1. The molecule has 0 spiro atoms. The summed E-state index contributed by atoms with van der Waals surface area (Å²) in [7, 11) is -2.85. The van der Waals surface area contributed by atoms with Crippen molar-refractivity contribution in [1.82, 2.24) is 0 Å². The van der Waals surface area contributed by atoms with Crippen molar-refractivity contribution in [2.75, 3.05) is 5.75 Å². The number of rotatable bonds is 5. The Labute approximate surface area is 82.6 Å². The van der Waals surface area contributed by atoms with Crippen molar-refractivity contribution in [3.8, 4) is 0 Å². The molecule has 80 valence electrons. The van der Waals surface area contributed by atoms with Crippen molar-refractivity contribution in [1.29, 1.82) is 0 Å². The van der Waals surface area contributed by atoms with Gasteiger partial charge in [-0.15, -0.1) is 0 Å². The van der Waals surface area contributed by atoms with E-state index < -0.39 is 9.84 Å². The Morgan fingerprint density at radius 3 is 1.77 bits per heavy atom. The first-order valence-corrected chi connectivity index (χ1v) is 6.74. The Hall–Kier alpha value is -0.0500. The molecule has 2 nitrogen and oxygen atoms in total. The monoisotopic (exact) mass is 206 g/mol. The third kappa shape index (κ3) is 4.12. The smallest absolute Gasteiger partial charge is 0.152 e. The summed E-state index contributed by atoms with van der Waals surface area (Å²) in [6, 6.07) is 0. The summed E-state index contributed by atoms with van der Waals surface area (Å²) in [6.07, 6.45) is 1.05. The van der Waals surface area contributed by atoms with E-state index in [9.17, 15) is 8.42 Å². The molecule has 0 aliphatic rings. The fourth-order valence-electron chi connectivity index (χ4n) is 1.13. The van der Waals surface area contributed by atoms with Crippen LogP contribution in [0.15, 0.2) is 0 Å². The van der Waals surface area contributed by atoms with E-state index in [2.05, 4.69) is 13.8 Å². The Kier molecular flexibility index (Phi) is 4.97. The Morgan fingerprint density at radius 2 is 1.46 bits per heavy atom. The fraction of sp³-hybridized carbons (Fsp3) is 1.00. The Bertz CT molecular complexity index is 229. The van der Waals surface area contributed by atoms with Crippen LogP contribution in [-0.4, -0.2) is 19.4 Å². The van der Waals surface area contributed by atoms with Crippen LogP contribution in [0.5, 0.6) is 0 Å². The van der Waals surface area contributed by atoms with E-state index >= 15 is 0 Å². The first-order chi connectivity index (χ1) is 5.81. The molecule has 0 aliphatic heterocycles. The second-order valence-electron chi connectivity index (χ2n) is 4.24. The lowest BCUT2D eigenvalue weighted by molar-refractivity contribution is 0.405. The summed E-state index contributed by atoms with van der Waals surface area (Å²) in [4.78, 5) is 0. The summed E-state index contributed by atoms with van der Waals surface area (Å²) in [5.74, 6) is 1.10. The van der Waals surface area contributed by atoms with Gasteiger partial charge in [-0.3, -0.25) is 0 Å². The lowest BCUT2D eigenvalue weighted by Crippen LogP contribution is -2.25. The van der Waals surface area contributed by atoms with Gasteiger partial charge in [-0.25, -0.2) is 8.42 Å². The lowest BCUT2D eigenvalue weighted by atomic mass is 9.96. The molecule has 0 heterocycles. The van der Waals surface area contributed by atoms with E-state index in [0.717, 1.165) is 6.42 Å². The maximum Gasteiger partial charge on any atom is 0.152 e. The van der Waals surface area contributed by atoms with Crippen LogP contribution in [0.2, 0.25) is 0 Å². The van der Waals surface area contributed by atoms with Crippen LogP contribution in [0.1, 0.15) is 41.0 Å². The van der Waals surface area contributed by atoms with E-state index in [4.69, 9.17) is 0 Å². The van der Waals surface area contributed by atoms with Gasteiger partial charge in [0.05, 0.1) is 11.0 Å². The van der Waals surface area contributed by atoms with E-state index in [1.807, 2.05) is 6.92 Å². The third-order valence-corrected chi connectivity index (χ3v) is 5.26. The highest BCUT2D eigenvalue weighted by atomic mass is 32.2. The maximum atomic E-state index is 11.6. The van der Waals surface area contributed by atoms with Gasteiger partial charge in [0.15, 0.2) is 9.84 Å². The molecule has 2 unspecified atom stereocenters. The van der Waals surface area contributed by atoms with Crippen molar-refractivity contribution >= 4 is 9.84 Å². The van der Waals surface area contributed by atoms with Crippen molar-refractivity contribution in [2.45, 2.75) is 46.3 Å². The topological polar surface area (TPSA) is 34.1 Å². The van der Waals surface area contributed by atoms with Crippen molar-refractivity contribution in [3.63, 3.8) is 0 Å². The summed E-state index contributed by atoms with van der Waals surface area (Å²) in [5.41, 5.74) is 0. The van der Waals surface area contributed by atoms with Gasteiger partial charge in [0.2, 0.25) is 0 Å². The van der Waals surface area contributed by atoms with Gasteiger partial charge in [0.1, 0.15) is 0 Å². The molecule has 0 saturated carbocycles. The molecule has 0 amide bonds. The highest BCUT2D eigenvalue weighted by Crippen LogP contribution is 2.18. The molecule has 3 heteroatoms. The van der Waals surface area contributed by atoms with E-state index in [0.29, 0.717) is 11.7 Å². The average Bonchev–Trinajstić information content (AvgIpc) is 2.01. The van der Waals surface area contributed by atoms with Crippen LogP contribution in [0.3, 0.4) is 0 Å². The van der Waals surface area contributed by atoms with Gasteiger partial charge >= 0.3 is 0 Å². The molecular formula is C10H22O2S. The minimum atomic E-state index is -2.85. The zero-order chi connectivity index (χ0) is 10.6. The van der Waals surface area contributed by atoms with Gasteiger partial charge in [-0.1, -0.05) is 27.2 Å². The highest BCUT2D eigenvalue weighted by Gasteiger charge is 2.22. The molecule has 0 N–H and O–H groups in total. The normalized spacial score (nSPS) is 17.4. The van der Waals surface area contributed by atoms with Crippen LogP contribution in [-0.2, 0) is 9.84 Å². The van der Waals surface area contributed by atoms with Crippen LogP contribution >= 0.6 is 0 Å². The lowest BCUT2D eigenvalue weighted by Gasteiger charge is -2.19. The zero-order valence-corrected chi connectivity index (χ0v) is 10.2. The van der Waals surface area contributed by atoms with Crippen LogP contribution in [0.25, 0.3) is 0 Å². The minimum absolute atomic E-state index is 0.237. The molecule has 13 heavy (non-hydrogen) atoms. The SMILES string of the molecule is CCC(C)C(C)CS(=O)(=O)C(C)C. The first-order valence-electron chi connectivity index (χ1n) is 5.02. The van der Waals surface area contributed by atoms with Gasteiger partial charge in [-0.2, -0.15) is 0 Å². The second kappa shape index (κ2) is 4.99. The predicted molar refractivity (Wildman–Crippen MR) is 57.5 cm³/mol. The number of hydrogen-bond acceptors (Lipinski definition) is 2. The van der Waals surface area contributed by atoms with E-state index in [1.165, 1.54) is 0 Å². The summed E-state index contributed by atoms with van der Waals surface area (Å²) in [5, 5.41) is -0.237. The maximum absolute atomic E-state index is 11.6. The van der Waals surface area contributed by atoms with Crippen molar-refractivity contribution < 1.29 is 8.42 Å². The molecule has 0 rings (SSSR count). The fourth-order valence-corrected chi connectivity index (χ4v) is 2.57. The molecule has 0 bridgehead atoms.